The number of benzene rings is 2. The molecule has 1 fully saturated rings. The number of likely N-dealkylation sites (N-methyl/N-ethyl adjacent to an activating group) is 1. The van der Waals surface area contributed by atoms with Crippen LogP contribution in [0.5, 0.6) is 0 Å². The van der Waals surface area contributed by atoms with E-state index in [-0.39, 0.29) is 11.8 Å². The fraction of sp³-hybridized carbons (Fsp3) is 0.391. The van der Waals surface area contributed by atoms with Gasteiger partial charge in [-0.1, -0.05) is 54.6 Å². The molecule has 2 aromatic rings. The average molecular weight is 378 g/mol. The van der Waals surface area contributed by atoms with Gasteiger partial charge in [-0.15, -0.1) is 0 Å². The Balaban J connectivity index is 1.49. The summed E-state index contributed by atoms with van der Waals surface area (Å²) in [5.74, 6) is 0.111. The number of ether oxygens (including phenoxy) is 1. The molecule has 0 saturated carbocycles. The zero-order valence-electron chi connectivity index (χ0n) is 16.4. The van der Waals surface area contributed by atoms with Gasteiger partial charge < -0.3 is 14.5 Å². The van der Waals surface area contributed by atoms with Gasteiger partial charge in [0.2, 0.25) is 5.91 Å². The molecule has 5 nitrogen and oxygen atoms in total. The number of likely N-dealkylation sites (tertiary alicyclic amines) is 1. The summed E-state index contributed by atoms with van der Waals surface area (Å²) in [6.45, 7) is 1.28. The topological polar surface area (TPSA) is 49.9 Å². The van der Waals surface area contributed by atoms with Crippen LogP contribution in [0.15, 0.2) is 54.6 Å². The molecule has 1 spiro atoms. The molecule has 2 amide bonds. The van der Waals surface area contributed by atoms with Crippen molar-refractivity contribution >= 4 is 11.8 Å². The van der Waals surface area contributed by atoms with Crippen LogP contribution in [0.2, 0.25) is 0 Å². The molecule has 2 aliphatic heterocycles. The smallest absolute Gasteiger partial charge is 0.255 e. The zero-order chi connectivity index (χ0) is 19.7. The summed E-state index contributed by atoms with van der Waals surface area (Å²) in [4.78, 5) is 28.9. The van der Waals surface area contributed by atoms with E-state index in [0.29, 0.717) is 32.4 Å². The molecule has 0 aliphatic carbocycles. The molecular weight excluding hydrogens is 352 g/mol. The Morgan fingerprint density at radius 1 is 1.04 bits per heavy atom. The van der Waals surface area contributed by atoms with Crippen molar-refractivity contribution in [3.05, 3.63) is 71.3 Å². The molecule has 0 aromatic heterocycles. The third-order valence-corrected chi connectivity index (χ3v) is 5.86. The van der Waals surface area contributed by atoms with Gasteiger partial charge in [0.25, 0.3) is 5.91 Å². The van der Waals surface area contributed by atoms with Crippen LogP contribution in [0.25, 0.3) is 0 Å². The SMILES string of the molecule is CN(C)C(=O)[C@@H]1OC2(CCN(C(=O)Cc3ccccc3)CC2)c2ccccc21. The Hall–Kier alpha value is -2.66. The van der Waals surface area contributed by atoms with E-state index in [0.717, 1.165) is 16.7 Å². The van der Waals surface area contributed by atoms with Gasteiger partial charge in [-0.2, -0.15) is 0 Å². The van der Waals surface area contributed by atoms with Crippen LogP contribution in [0.3, 0.4) is 0 Å². The summed E-state index contributed by atoms with van der Waals surface area (Å²) in [6, 6.07) is 17.9. The lowest BCUT2D eigenvalue weighted by molar-refractivity contribution is -0.161. The molecule has 2 aliphatic rings. The maximum absolute atomic E-state index is 12.7. The first-order valence-electron chi connectivity index (χ1n) is 9.80. The van der Waals surface area contributed by atoms with Gasteiger partial charge in [0.15, 0.2) is 6.10 Å². The number of hydrogen-bond donors (Lipinski definition) is 0. The third-order valence-electron chi connectivity index (χ3n) is 5.86. The molecule has 1 saturated heterocycles. The Kier molecular flexibility index (Phi) is 4.94. The predicted molar refractivity (Wildman–Crippen MR) is 107 cm³/mol. The Morgan fingerprint density at radius 2 is 1.68 bits per heavy atom. The van der Waals surface area contributed by atoms with Gasteiger partial charge in [0.1, 0.15) is 0 Å². The molecule has 1 atom stereocenters. The van der Waals surface area contributed by atoms with Gasteiger partial charge in [-0.05, 0) is 29.5 Å². The summed E-state index contributed by atoms with van der Waals surface area (Å²) in [6.07, 6.45) is 1.29. The number of rotatable bonds is 3. The highest BCUT2D eigenvalue weighted by molar-refractivity contribution is 5.83. The lowest BCUT2D eigenvalue weighted by atomic mass is 9.83. The van der Waals surface area contributed by atoms with Crippen molar-refractivity contribution in [3.8, 4) is 0 Å². The highest BCUT2D eigenvalue weighted by atomic mass is 16.5. The fourth-order valence-corrected chi connectivity index (χ4v) is 4.30. The predicted octanol–water partition coefficient (Wildman–Crippen LogP) is 2.91. The normalized spacial score (nSPS) is 20.1. The first-order chi connectivity index (χ1) is 13.5. The highest BCUT2D eigenvalue weighted by Gasteiger charge is 2.49. The number of carbonyl (C=O) groups excluding carboxylic acids is 2. The summed E-state index contributed by atoms with van der Waals surface area (Å²) in [5, 5.41) is 0. The van der Waals surface area contributed by atoms with Gasteiger partial charge >= 0.3 is 0 Å². The first kappa shape index (κ1) is 18.7. The largest absolute Gasteiger partial charge is 0.352 e. The monoisotopic (exact) mass is 378 g/mol. The summed E-state index contributed by atoms with van der Waals surface area (Å²) < 4.78 is 6.40. The van der Waals surface area contributed by atoms with E-state index in [1.165, 1.54) is 0 Å². The van der Waals surface area contributed by atoms with Gasteiger partial charge in [-0.25, -0.2) is 0 Å². The van der Waals surface area contributed by atoms with Crippen LogP contribution in [0.4, 0.5) is 0 Å². The van der Waals surface area contributed by atoms with Crippen LogP contribution in [-0.2, 0) is 26.3 Å². The molecule has 2 aromatic carbocycles. The average Bonchev–Trinajstić information content (AvgIpc) is 3.03. The molecule has 28 heavy (non-hydrogen) atoms. The van der Waals surface area contributed by atoms with Crippen molar-refractivity contribution in [3.63, 3.8) is 0 Å². The van der Waals surface area contributed by atoms with E-state index in [1.807, 2.05) is 53.4 Å². The van der Waals surface area contributed by atoms with Crippen LogP contribution in [-0.4, -0.2) is 48.8 Å². The van der Waals surface area contributed by atoms with Crippen molar-refractivity contribution in [2.75, 3.05) is 27.2 Å². The maximum Gasteiger partial charge on any atom is 0.255 e. The Morgan fingerprint density at radius 3 is 2.36 bits per heavy atom. The second kappa shape index (κ2) is 7.40. The van der Waals surface area contributed by atoms with E-state index in [1.54, 1.807) is 19.0 Å². The van der Waals surface area contributed by atoms with Crippen LogP contribution >= 0.6 is 0 Å². The minimum atomic E-state index is -0.558. The van der Waals surface area contributed by atoms with Gasteiger partial charge in [0.05, 0.1) is 12.0 Å². The second-order valence-electron chi connectivity index (χ2n) is 7.86. The molecule has 4 rings (SSSR count). The molecule has 0 N–H and O–H groups in total. The highest BCUT2D eigenvalue weighted by Crippen LogP contribution is 2.49. The third kappa shape index (κ3) is 3.31. The zero-order valence-corrected chi connectivity index (χ0v) is 16.4. The lowest BCUT2D eigenvalue weighted by Crippen LogP contribution is -2.46. The number of hydrogen-bond acceptors (Lipinski definition) is 3. The van der Waals surface area contributed by atoms with Crippen molar-refractivity contribution in [1.82, 2.24) is 9.80 Å². The number of nitrogens with zero attached hydrogens (tertiary/aromatic N) is 2. The summed E-state index contributed by atoms with van der Waals surface area (Å²) in [7, 11) is 3.51. The molecule has 2 heterocycles. The Labute approximate surface area is 165 Å². The molecule has 0 bridgehead atoms. The van der Waals surface area contributed by atoms with Gasteiger partial charge in [-0.3, -0.25) is 9.59 Å². The van der Waals surface area contributed by atoms with Crippen molar-refractivity contribution < 1.29 is 14.3 Å². The Bertz CT molecular complexity index is 870. The quantitative estimate of drug-likeness (QED) is 0.825. The van der Waals surface area contributed by atoms with Gasteiger partial charge in [0, 0.05) is 27.2 Å². The first-order valence-corrected chi connectivity index (χ1v) is 9.80. The minimum Gasteiger partial charge on any atom is -0.352 e. The summed E-state index contributed by atoms with van der Waals surface area (Å²) in [5.41, 5.74) is 2.62. The van der Waals surface area contributed by atoms with Crippen LogP contribution < -0.4 is 0 Å². The van der Waals surface area contributed by atoms with E-state index in [4.69, 9.17) is 4.74 Å². The van der Waals surface area contributed by atoms with E-state index in [9.17, 15) is 9.59 Å². The molecule has 0 unspecified atom stereocenters. The summed E-state index contributed by atoms with van der Waals surface area (Å²) >= 11 is 0. The number of amides is 2. The van der Waals surface area contributed by atoms with Crippen molar-refractivity contribution in [1.29, 1.82) is 0 Å². The van der Waals surface area contributed by atoms with E-state index in [2.05, 4.69) is 6.07 Å². The van der Waals surface area contributed by atoms with Crippen molar-refractivity contribution in [2.24, 2.45) is 0 Å². The number of piperidine rings is 1. The fourth-order valence-electron chi connectivity index (χ4n) is 4.30. The minimum absolute atomic E-state index is 0.0353. The maximum atomic E-state index is 12.7. The number of carbonyl (C=O) groups is 2. The molecular formula is C23H26N2O3. The van der Waals surface area contributed by atoms with E-state index >= 15 is 0 Å². The standard InChI is InChI=1S/C23H26N2O3/c1-24(2)22(27)21-18-10-6-7-11-19(18)23(28-21)12-14-25(15-13-23)20(26)16-17-8-4-3-5-9-17/h3-11,21H,12-16H2,1-2H3/t21-/m1/s1. The molecule has 5 heteroatoms. The van der Waals surface area contributed by atoms with Crippen LogP contribution in [0, 0.1) is 0 Å². The lowest BCUT2D eigenvalue weighted by Gasteiger charge is -2.39. The van der Waals surface area contributed by atoms with E-state index < -0.39 is 11.7 Å². The molecule has 146 valence electrons. The number of fused-ring (bicyclic) bond motifs is 2. The molecule has 0 radical (unpaired) electrons. The van der Waals surface area contributed by atoms with Crippen LogP contribution in [0.1, 0.15) is 35.6 Å². The van der Waals surface area contributed by atoms with Crippen molar-refractivity contribution in [2.45, 2.75) is 31.0 Å². The second-order valence-corrected chi connectivity index (χ2v) is 7.86.